The van der Waals surface area contributed by atoms with E-state index >= 15 is 0 Å². The van der Waals surface area contributed by atoms with Crippen LogP contribution in [0.3, 0.4) is 0 Å². The third-order valence-corrected chi connectivity index (χ3v) is 5.14. The fraction of sp³-hybridized carbons (Fsp3) is 0.667. The van der Waals surface area contributed by atoms with Crippen molar-refractivity contribution in [3.8, 4) is 0 Å². The van der Waals surface area contributed by atoms with Crippen molar-refractivity contribution in [3.63, 3.8) is 0 Å². The van der Waals surface area contributed by atoms with Crippen molar-refractivity contribution in [2.45, 2.75) is 96.8 Å². The molecule has 0 aliphatic heterocycles. The Bertz CT molecular complexity index is 539. The number of carbonyl (C=O) groups excluding carboxylic acids is 2. The van der Waals surface area contributed by atoms with Gasteiger partial charge in [0.25, 0.3) is 0 Å². The van der Waals surface area contributed by atoms with Gasteiger partial charge >= 0.3 is 0 Å². The van der Waals surface area contributed by atoms with Gasteiger partial charge in [0.1, 0.15) is 6.61 Å². The lowest BCUT2D eigenvalue weighted by Gasteiger charge is -2.06. The van der Waals surface area contributed by atoms with Crippen LogP contribution in [0.15, 0.2) is 24.3 Å². The van der Waals surface area contributed by atoms with Crippen LogP contribution in [0.1, 0.15) is 107 Å². The number of ketones is 1. The van der Waals surface area contributed by atoms with Gasteiger partial charge in [-0.2, -0.15) is 0 Å². The van der Waals surface area contributed by atoms with Crippen molar-refractivity contribution >= 4 is 17.4 Å². The standard InChI is InChI=1S/C24H39NO3/c1-2-3-4-5-6-7-8-9-10-11-12-13-14-15-24(28)25-22-18-16-21(17-19-22)23(27)20-26/h16-19,26H,2-15,20H2,1H3,(H,25,28). The number of amides is 1. The van der Waals surface area contributed by atoms with Gasteiger partial charge in [0.2, 0.25) is 5.91 Å². The van der Waals surface area contributed by atoms with E-state index in [0.29, 0.717) is 17.7 Å². The van der Waals surface area contributed by atoms with E-state index in [4.69, 9.17) is 5.11 Å². The van der Waals surface area contributed by atoms with Gasteiger partial charge in [-0.1, -0.05) is 84.0 Å². The maximum Gasteiger partial charge on any atom is 0.224 e. The molecular formula is C24H39NO3. The molecule has 1 rings (SSSR count). The summed E-state index contributed by atoms with van der Waals surface area (Å²) in [5, 5.41) is 11.7. The predicted molar refractivity (Wildman–Crippen MR) is 117 cm³/mol. The lowest BCUT2D eigenvalue weighted by molar-refractivity contribution is -0.116. The number of hydrogen-bond donors (Lipinski definition) is 2. The van der Waals surface area contributed by atoms with Crippen LogP contribution in [0.5, 0.6) is 0 Å². The Hall–Kier alpha value is -1.68. The normalized spacial score (nSPS) is 10.8. The van der Waals surface area contributed by atoms with Gasteiger partial charge in [0, 0.05) is 17.7 Å². The number of hydrogen-bond acceptors (Lipinski definition) is 3. The number of rotatable bonds is 17. The number of anilines is 1. The van der Waals surface area contributed by atoms with Gasteiger partial charge in [-0.15, -0.1) is 0 Å². The van der Waals surface area contributed by atoms with Crippen molar-refractivity contribution in [1.82, 2.24) is 0 Å². The Kier molecular flexibility index (Phi) is 14.2. The summed E-state index contributed by atoms with van der Waals surface area (Å²) in [5.74, 6) is -0.297. The van der Waals surface area contributed by atoms with E-state index in [1.807, 2.05) is 0 Å². The first-order valence-corrected chi connectivity index (χ1v) is 11.2. The van der Waals surface area contributed by atoms with Crippen LogP contribution >= 0.6 is 0 Å². The summed E-state index contributed by atoms with van der Waals surface area (Å²) in [6.45, 7) is 1.76. The predicted octanol–water partition coefficient (Wildman–Crippen LogP) is 6.28. The largest absolute Gasteiger partial charge is 0.388 e. The first-order valence-electron chi connectivity index (χ1n) is 11.2. The highest BCUT2D eigenvalue weighted by Crippen LogP contribution is 2.14. The van der Waals surface area contributed by atoms with Crippen molar-refractivity contribution in [2.24, 2.45) is 0 Å². The van der Waals surface area contributed by atoms with Crippen LogP contribution in [0.25, 0.3) is 0 Å². The molecule has 1 amide bonds. The maximum absolute atomic E-state index is 12.0. The molecule has 2 N–H and O–H groups in total. The lowest BCUT2D eigenvalue weighted by atomic mass is 10.0. The average molecular weight is 390 g/mol. The molecule has 0 aliphatic rings. The molecule has 0 atom stereocenters. The molecule has 0 unspecified atom stereocenters. The van der Waals surface area contributed by atoms with Gasteiger partial charge in [-0.05, 0) is 30.7 Å². The number of aliphatic hydroxyl groups is 1. The van der Waals surface area contributed by atoms with Gasteiger partial charge in [-0.25, -0.2) is 0 Å². The molecule has 1 aromatic rings. The maximum atomic E-state index is 12.0. The fourth-order valence-electron chi connectivity index (χ4n) is 3.36. The van der Waals surface area contributed by atoms with Gasteiger partial charge in [0.15, 0.2) is 5.78 Å². The van der Waals surface area contributed by atoms with Crippen molar-refractivity contribution in [1.29, 1.82) is 0 Å². The molecule has 0 spiro atoms. The van der Waals surface area contributed by atoms with Gasteiger partial charge in [0.05, 0.1) is 0 Å². The Labute approximate surface area is 171 Å². The minimum Gasteiger partial charge on any atom is -0.388 e. The Balaban J connectivity index is 1.96. The quantitative estimate of drug-likeness (QED) is 0.243. The Morgan fingerprint density at radius 2 is 1.21 bits per heavy atom. The number of nitrogens with one attached hydrogen (secondary N) is 1. The summed E-state index contributed by atoms with van der Waals surface area (Å²) in [7, 11) is 0. The SMILES string of the molecule is CCCCCCCCCCCCCCCC(=O)Nc1ccc(C(=O)CO)cc1. The molecule has 0 saturated heterocycles. The molecule has 28 heavy (non-hydrogen) atoms. The minimum atomic E-state index is -0.495. The topological polar surface area (TPSA) is 66.4 Å². The highest BCUT2D eigenvalue weighted by molar-refractivity contribution is 5.97. The van der Waals surface area contributed by atoms with E-state index in [0.717, 1.165) is 12.8 Å². The van der Waals surface area contributed by atoms with Crippen LogP contribution in [-0.4, -0.2) is 23.4 Å². The third kappa shape index (κ3) is 11.9. The highest BCUT2D eigenvalue weighted by atomic mass is 16.3. The summed E-state index contributed by atoms with van der Waals surface area (Å²) in [6.07, 6.45) is 17.4. The summed E-state index contributed by atoms with van der Waals surface area (Å²) in [4.78, 5) is 23.3. The molecule has 0 radical (unpaired) electrons. The molecule has 4 heteroatoms. The molecule has 0 bridgehead atoms. The monoisotopic (exact) mass is 389 g/mol. The van der Waals surface area contributed by atoms with Crippen molar-refractivity contribution in [2.75, 3.05) is 11.9 Å². The van der Waals surface area contributed by atoms with Crippen LogP contribution in [-0.2, 0) is 4.79 Å². The molecule has 0 aliphatic carbocycles. The zero-order valence-electron chi connectivity index (χ0n) is 17.7. The van der Waals surface area contributed by atoms with Gasteiger partial charge < -0.3 is 10.4 Å². The molecule has 0 fully saturated rings. The zero-order valence-corrected chi connectivity index (χ0v) is 17.7. The Morgan fingerprint density at radius 3 is 1.68 bits per heavy atom. The number of aliphatic hydroxyl groups excluding tert-OH is 1. The molecule has 0 aromatic heterocycles. The van der Waals surface area contributed by atoms with E-state index in [1.54, 1.807) is 24.3 Å². The molecule has 1 aromatic carbocycles. The first-order chi connectivity index (χ1) is 13.7. The van der Waals surface area contributed by atoms with E-state index in [9.17, 15) is 9.59 Å². The molecule has 0 heterocycles. The summed E-state index contributed by atoms with van der Waals surface area (Å²) in [6, 6.07) is 6.65. The van der Waals surface area contributed by atoms with Crippen molar-refractivity contribution in [3.05, 3.63) is 29.8 Å². The third-order valence-electron chi connectivity index (χ3n) is 5.14. The van der Waals surface area contributed by atoms with E-state index in [-0.39, 0.29) is 11.7 Å². The summed E-state index contributed by atoms with van der Waals surface area (Å²) in [5.41, 5.74) is 1.14. The first kappa shape index (κ1) is 24.4. The van der Waals surface area contributed by atoms with Gasteiger partial charge in [-0.3, -0.25) is 9.59 Å². The molecular weight excluding hydrogens is 350 g/mol. The van der Waals surface area contributed by atoms with E-state index in [1.165, 1.54) is 70.6 Å². The van der Waals surface area contributed by atoms with Crippen molar-refractivity contribution < 1.29 is 14.7 Å². The van der Waals surface area contributed by atoms with Crippen LogP contribution in [0, 0.1) is 0 Å². The number of Topliss-reactive ketones (excluding diaryl/α,β-unsaturated/α-hetero) is 1. The smallest absolute Gasteiger partial charge is 0.224 e. The molecule has 158 valence electrons. The second-order valence-electron chi connectivity index (χ2n) is 7.70. The number of unbranched alkanes of at least 4 members (excludes halogenated alkanes) is 12. The minimum absolute atomic E-state index is 0.0179. The highest BCUT2D eigenvalue weighted by Gasteiger charge is 2.05. The average Bonchev–Trinajstić information content (AvgIpc) is 2.71. The second kappa shape index (κ2) is 16.3. The fourth-order valence-corrected chi connectivity index (χ4v) is 3.36. The summed E-state index contributed by atoms with van der Waals surface area (Å²) < 4.78 is 0. The second-order valence-corrected chi connectivity index (χ2v) is 7.70. The molecule has 0 saturated carbocycles. The number of benzene rings is 1. The van der Waals surface area contributed by atoms with Crippen LogP contribution in [0.2, 0.25) is 0 Å². The van der Waals surface area contributed by atoms with Crippen LogP contribution < -0.4 is 5.32 Å². The van der Waals surface area contributed by atoms with E-state index in [2.05, 4.69) is 12.2 Å². The van der Waals surface area contributed by atoms with E-state index < -0.39 is 6.61 Å². The summed E-state index contributed by atoms with van der Waals surface area (Å²) >= 11 is 0. The number of carbonyl (C=O) groups is 2. The Morgan fingerprint density at radius 1 is 0.750 bits per heavy atom. The molecule has 4 nitrogen and oxygen atoms in total. The van der Waals surface area contributed by atoms with Crippen LogP contribution in [0.4, 0.5) is 5.69 Å². The lowest BCUT2D eigenvalue weighted by Crippen LogP contribution is -2.11. The zero-order chi connectivity index (χ0) is 20.5.